The highest BCUT2D eigenvalue weighted by atomic mass is 16.5. The largest absolute Gasteiger partial charge is 0.493 e. The third-order valence-corrected chi connectivity index (χ3v) is 3.42. The molecule has 0 bridgehead atoms. The molecule has 3 nitrogen and oxygen atoms in total. The lowest BCUT2D eigenvalue weighted by Gasteiger charge is -2.10. The van der Waals surface area contributed by atoms with Gasteiger partial charge in [0.15, 0.2) is 0 Å². The summed E-state index contributed by atoms with van der Waals surface area (Å²) in [6.07, 6.45) is 4.75. The van der Waals surface area contributed by atoms with Crippen molar-refractivity contribution in [2.45, 2.75) is 6.42 Å². The average Bonchev–Trinajstić information content (AvgIpc) is 3.04. The van der Waals surface area contributed by atoms with Crippen molar-refractivity contribution in [2.24, 2.45) is 0 Å². The molecule has 3 rings (SSSR count). The van der Waals surface area contributed by atoms with Gasteiger partial charge in [0.25, 0.3) is 0 Å². The standard InChI is InChI=1S/C18H18N2O/c19-16-7-5-14(6-8-16)10-12-21-18-4-2-1-3-17(18)15-9-11-20-13-15/h1-9,11,13,20H,10,12,19H2. The van der Waals surface area contributed by atoms with Gasteiger partial charge in [-0.1, -0.05) is 30.3 Å². The number of hydrogen-bond donors (Lipinski definition) is 2. The Bertz CT molecular complexity index is 688. The summed E-state index contributed by atoms with van der Waals surface area (Å²) in [6.45, 7) is 0.644. The molecule has 3 N–H and O–H groups in total. The van der Waals surface area contributed by atoms with Crippen LogP contribution in [0.3, 0.4) is 0 Å². The van der Waals surface area contributed by atoms with Crippen molar-refractivity contribution in [3.63, 3.8) is 0 Å². The van der Waals surface area contributed by atoms with Crippen LogP contribution in [0.1, 0.15) is 5.56 Å². The zero-order chi connectivity index (χ0) is 14.5. The van der Waals surface area contributed by atoms with E-state index in [-0.39, 0.29) is 0 Å². The number of anilines is 1. The fraction of sp³-hybridized carbons (Fsp3) is 0.111. The van der Waals surface area contributed by atoms with Crippen LogP contribution < -0.4 is 10.5 Å². The maximum absolute atomic E-state index is 5.95. The number of rotatable bonds is 5. The summed E-state index contributed by atoms with van der Waals surface area (Å²) in [6, 6.07) is 18.1. The number of H-pyrrole nitrogens is 1. The molecule has 3 heteroatoms. The molecule has 0 saturated heterocycles. The van der Waals surface area contributed by atoms with E-state index in [9.17, 15) is 0 Å². The van der Waals surface area contributed by atoms with E-state index < -0.39 is 0 Å². The zero-order valence-electron chi connectivity index (χ0n) is 11.8. The molecule has 0 radical (unpaired) electrons. The van der Waals surface area contributed by atoms with E-state index in [0.29, 0.717) is 6.61 Å². The van der Waals surface area contributed by atoms with Crippen LogP contribution in [0.2, 0.25) is 0 Å². The first kappa shape index (κ1) is 13.3. The molecule has 0 unspecified atom stereocenters. The Hall–Kier alpha value is -2.68. The Balaban J connectivity index is 1.67. The van der Waals surface area contributed by atoms with Gasteiger partial charge in [0.2, 0.25) is 0 Å². The van der Waals surface area contributed by atoms with Crippen LogP contribution in [-0.4, -0.2) is 11.6 Å². The van der Waals surface area contributed by atoms with E-state index in [4.69, 9.17) is 10.5 Å². The fourth-order valence-electron chi connectivity index (χ4n) is 2.29. The average molecular weight is 278 g/mol. The second-order valence-corrected chi connectivity index (χ2v) is 4.94. The predicted octanol–water partition coefficient (Wildman–Crippen LogP) is 3.89. The highest BCUT2D eigenvalue weighted by Gasteiger charge is 2.05. The molecule has 1 aromatic heterocycles. The van der Waals surface area contributed by atoms with Crippen LogP contribution in [0.4, 0.5) is 5.69 Å². The number of para-hydroxylation sites is 1. The lowest BCUT2D eigenvalue weighted by Crippen LogP contribution is -2.02. The van der Waals surface area contributed by atoms with Crippen molar-refractivity contribution in [3.8, 4) is 16.9 Å². The number of benzene rings is 2. The van der Waals surface area contributed by atoms with Crippen LogP contribution in [0.15, 0.2) is 67.0 Å². The van der Waals surface area contributed by atoms with Gasteiger partial charge >= 0.3 is 0 Å². The number of ether oxygens (including phenoxy) is 1. The summed E-state index contributed by atoms with van der Waals surface area (Å²) in [4.78, 5) is 3.08. The van der Waals surface area contributed by atoms with E-state index in [0.717, 1.165) is 29.0 Å². The van der Waals surface area contributed by atoms with Gasteiger partial charge in [0.05, 0.1) is 6.61 Å². The number of nitrogens with two attached hydrogens (primary N) is 1. The molecule has 0 fully saturated rings. The Labute approximate surface area is 124 Å². The molecule has 0 atom stereocenters. The fourth-order valence-corrected chi connectivity index (χ4v) is 2.29. The topological polar surface area (TPSA) is 51.0 Å². The van der Waals surface area contributed by atoms with Gasteiger partial charge in [-0.05, 0) is 29.8 Å². The molecule has 0 aliphatic carbocycles. The molecule has 21 heavy (non-hydrogen) atoms. The van der Waals surface area contributed by atoms with Crippen molar-refractivity contribution < 1.29 is 4.74 Å². The third-order valence-electron chi connectivity index (χ3n) is 3.42. The first-order valence-electron chi connectivity index (χ1n) is 7.02. The molecule has 0 spiro atoms. The summed E-state index contributed by atoms with van der Waals surface area (Å²) in [5.41, 5.74) is 9.95. The Morgan fingerprint density at radius 1 is 0.952 bits per heavy atom. The number of nitrogen functional groups attached to an aromatic ring is 1. The molecule has 0 aliphatic heterocycles. The molecule has 3 aromatic rings. The minimum Gasteiger partial charge on any atom is -0.493 e. The number of aromatic amines is 1. The summed E-state index contributed by atoms with van der Waals surface area (Å²) in [5.74, 6) is 0.910. The van der Waals surface area contributed by atoms with E-state index in [1.54, 1.807) is 0 Å². The maximum atomic E-state index is 5.95. The minimum atomic E-state index is 0.644. The molecule has 0 saturated carbocycles. The van der Waals surface area contributed by atoms with E-state index in [1.807, 2.05) is 60.9 Å². The molecule has 0 amide bonds. The molecular formula is C18H18N2O. The molecule has 1 heterocycles. The van der Waals surface area contributed by atoms with Gasteiger partial charge in [-0.15, -0.1) is 0 Å². The lowest BCUT2D eigenvalue weighted by molar-refractivity contribution is 0.323. The highest BCUT2D eigenvalue weighted by Crippen LogP contribution is 2.29. The Morgan fingerprint density at radius 3 is 2.52 bits per heavy atom. The van der Waals surface area contributed by atoms with Gasteiger partial charge in [-0.25, -0.2) is 0 Å². The monoisotopic (exact) mass is 278 g/mol. The van der Waals surface area contributed by atoms with Crippen LogP contribution in [0.5, 0.6) is 5.75 Å². The van der Waals surface area contributed by atoms with Crippen molar-refractivity contribution in [3.05, 3.63) is 72.6 Å². The van der Waals surface area contributed by atoms with Crippen molar-refractivity contribution in [2.75, 3.05) is 12.3 Å². The SMILES string of the molecule is Nc1ccc(CCOc2ccccc2-c2cc[nH]c2)cc1. The van der Waals surface area contributed by atoms with Crippen LogP contribution in [0.25, 0.3) is 11.1 Å². The van der Waals surface area contributed by atoms with Crippen LogP contribution >= 0.6 is 0 Å². The van der Waals surface area contributed by atoms with Crippen molar-refractivity contribution >= 4 is 5.69 Å². The minimum absolute atomic E-state index is 0.644. The molecule has 106 valence electrons. The first-order valence-corrected chi connectivity index (χ1v) is 7.02. The van der Waals surface area contributed by atoms with Gasteiger partial charge in [-0.2, -0.15) is 0 Å². The summed E-state index contributed by atoms with van der Waals surface area (Å²) >= 11 is 0. The van der Waals surface area contributed by atoms with Crippen molar-refractivity contribution in [1.82, 2.24) is 4.98 Å². The van der Waals surface area contributed by atoms with Gasteiger partial charge in [-0.3, -0.25) is 0 Å². The second-order valence-electron chi connectivity index (χ2n) is 4.94. The Kier molecular flexibility index (Phi) is 3.92. The summed E-state index contributed by atoms with van der Waals surface area (Å²) < 4.78 is 5.95. The van der Waals surface area contributed by atoms with Crippen LogP contribution in [-0.2, 0) is 6.42 Å². The molecule has 2 aromatic carbocycles. The molecular weight excluding hydrogens is 260 g/mol. The van der Waals surface area contributed by atoms with Gasteiger partial charge in [0, 0.05) is 35.6 Å². The predicted molar refractivity (Wildman–Crippen MR) is 86.3 cm³/mol. The van der Waals surface area contributed by atoms with Gasteiger partial charge in [0.1, 0.15) is 5.75 Å². The number of hydrogen-bond acceptors (Lipinski definition) is 2. The van der Waals surface area contributed by atoms with E-state index in [1.165, 1.54) is 5.56 Å². The molecule has 0 aliphatic rings. The highest BCUT2D eigenvalue weighted by molar-refractivity contribution is 5.69. The zero-order valence-corrected chi connectivity index (χ0v) is 11.8. The summed E-state index contributed by atoms with van der Waals surface area (Å²) in [5, 5.41) is 0. The lowest BCUT2D eigenvalue weighted by atomic mass is 10.1. The maximum Gasteiger partial charge on any atom is 0.127 e. The summed E-state index contributed by atoms with van der Waals surface area (Å²) in [7, 11) is 0. The van der Waals surface area contributed by atoms with Gasteiger partial charge < -0.3 is 15.5 Å². The number of nitrogens with one attached hydrogen (secondary N) is 1. The second kappa shape index (κ2) is 6.18. The quantitative estimate of drug-likeness (QED) is 0.696. The normalized spacial score (nSPS) is 10.5. The Morgan fingerprint density at radius 2 is 1.76 bits per heavy atom. The van der Waals surface area contributed by atoms with E-state index >= 15 is 0 Å². The van der Waals surface area contributed by atoms with Crippen LogP contribution in [0, 0.1) is 0 Å². The smallest absolute Gasteiger partial charge is 0.127 e. The van der Waals surface area contributed by atoms with E-state index in [2.05, 4.69) is 11.1 Å². The third kappa shape index (κ3) is 3.26. The number of aromatic nitrogens is 1. The van der Waals surface area contributed by atoms with Crippen molar-refractivity contribution in [1.29, 1.82) is 0 Å². The first-order chi connectivity index (χ1) is 10.3.